The predicted octanol–water partition coefficient (Wildman–Crippen LogP) is -6.50. The number of allylic oxidation sites excluding steroid dienone is 3. The Morgan fingerprint density at radius 1 is 1.20 bits per heavy atom. The van der Waals surface area contributed by atoms with E-state index in [9.17, 15) is 0 Å². The first-order chi connectivity index (χ1) is 5.24. The quantitative estimate of drug-likeness (QED) is 0.372. The summed E-state index contributed by atoms with van der Waals surface area (Å²) in [5.74, 6) is 0. The standard InChI is InChI=1S/C10H15O.3ClH.Ti/c1-8-6-10(4-5-11-3)7-9(8)2;;;;/h4-6H2,1-3H3;3*1H;/q-1;;;;+4/p-3. The molecule has 0 aromatic rings. The van der Waals surface area contributed by atoms with Gasteiger partial charge in [0.1, 0.15) is 0 Å². The third-order valence-electron chi connectivity index (χ3n) is 2.09. The molecule has 1 rings (SSSR count). The van der Waals surface area contributed by atoms with Crippen LogP contribution < -0.4 is 37.2 Å². The molecule has 1 nitrogen and oxygen atoms in total. The van der Waals surface area contributed by atoms with E-state index in [1.54, 1.807) is 7.11 Å². The fourth-order valence-electron chi connectivity index (χ4n) is 1.24. The maximum atomic E-state index is 4.99. The molecule has 0 aromatic heterocycles. The molecule has 1 aliphatic rings. The van der Waals surface area contributed by atoms with Crippen molar-refractivity contribution >= 4 is 0 Å². The van der Waals surface area contributed by atoms with Crippen molar-refractivity contribution < 1.29 is 63.7 Å². The molecular weight excluding hydrogens is 290 g/mol. The Morgan fingerprint density at radius 3 is 2.07 bits per heavy atom. The van der Waals surface area contributed by atoms with E-state index in [0.29, 0.717) is 0 Å². The van der Waals surface area contributed by atoms with Crippen molar-refractivity contribution in [2.45, 2.75) is 26.7 Å². The van der Waals surface area contributed by atoms with Gasteiger partial charge in [0.2, 0.25) is 0 Å². The molecule has 0 aromatic carbocycles. The Hall–Kier alpha value is 1.02. The largest absolute Gasteiger partial charge is 4.00 e. The van der Waals surface area contributed by atoms with Crippen molar-refractivity contribution in [3.63, 3.8) is 0 Å². The second kappa shape index (κ2) is 13.1. The Labute approximate surface area is 126 Å². The molecule has 1 aliphatic carbocycles. The van der Waals surface area contributed by atoms with Crippen molar-refractivity contribution in [2.24, 2.45) is 0 Å². The number of rotatable bonds is 3. The summed E-state index contributed by atoms with van der Waals surface area (Å²) in [5.41, 5.74) is 4.16. The van der Waals surface area contributed by atoms with Crippen LogP contribution in [-0.2, 0) is 26.5 Å². The minimum Gasteiger partial charge on any atom is -1.00 e. The van der Waals surface area contributed by atoms with Crippen molar-refractivity contribution in [1.29, 1.82) is 0 Å². The summed E-state index contributed by atoms with van der Waals surface area (Å²) < 4.78 is 4.99. The van der Waals surface area contributed by atoms with Crippen LogP contribution in [0.3, 0.4) is 0 Å². The van der Waals surface area contributed by atoms with Crippen LogP contribution in [0.1, 0.15) is 26.7 Å². The molecular formula is C10H15Cl3OTi. The zero-order valence-electron chi connectivity index (χ0n) is 9.16. The molecule has 0 amide bonds. The Balaban J connectivity index is -0.000000151. The van der Waals surface area contributed by atoms with Gasteiger partial charge in [0.15, 0.2) is 0 Å². The minimum absolute atomic E-state index is 0. The van der Waals surface area contributed by atoms with Crippen LogP contribution in [-0.4, -0.2) is 13.7 Å². The van der Waals surface area contributed by atoms with Crippen LogP contribution in [0.2, 0.25) is 0 Å². The van der Waals surface area contributed by atoms with Crippen LogP contribution >= 0.6 is 0 Å². The van der Waals surface area contributed by atoms with Crippen LogP contribution in [0, 0.1) is 6.08 Å². The van der Waals surface area contributed by atoms with Crippen molar-refractivity contribution in [3.8, 4) is 0 Å². The normalized spacial score (nSPS) is 12.9. The number of methoxy groups -OCH3 is 1. The van der Waals surface area contributed by atoms with Crippen LogP contribution in [0.25, 0.3) is 0 Å². The number of ether oxygens (including phenoxy) is 1. The molecule has 0 saturated heterocycles. The van der Waals surface area contributed by atoms with Crippen LogP contribution in [0.5, 0.6) is 0 Å². The molecule has 0 fully saturated rings. The van der Waals surface area contributed by atoms with E-state index in [4.69, 9.17) is 4.74 Å². The average molecular weight is 305 g/mol. The van der Waals surface area contributed by atoms with Crippen LogP contribution in [0.4, 0.5) is 0 Å². The van der Waals surface area contributed by atoms with Crippen molar-refractivity contribution in [3.05, 3.63) is 22.8 Å². The molecule has 0 aliphatic heterocycles. The van der Waals surface area contributed by atoms with Gasteiger partial charge in [-0.05, 0) is 6.42 Å². The van der Waals surface area contributed by atoms with E-state index < -0.39 is 0 Å². The summed E-state index contributed by atoms with van der Waals surface area (Å²) in [4.78, 5) is 0. The summed E-state index contributed by atoms with van der Waals surface area (Å²) in [5, 5.41) is 0. The molecule has 0 saturated carbocycles. The fourth-order valence-corrected chi connectivity index (χ4v) is 1.24. The molecule has 0 N–H and O–H groups in total. The van der Waals surface area contributed by atoms with Crippen molar-refractivity contribution in [1.82, 2.24) is 0 Å². The predicted molar refractivity (Wildman–Crippen MR) is 46.2 cm³/mol. The average Bonchev–Trinajstić information content (AvgIpc) is 2.28. The maximum absolute atomic E-state index is 4.99. The van der Waals surface area contributed by atoms with Gasteiger partial charge in [0.25, 0.3) is 0 Å². The van der Waals surface area contributed by atoms with E-state index in [1.807, 2.05) is 0 Å². The van der Waals surface area contributed by atoms with Gasteiger partial charge in [-0.1, -0.05) is 13.3 Å². The van der Waals surface area contributed by atoms with E-state index in [-0.39, 0.29) is 58.9 Å². The van der Waals surface area contributed by atoms with E-state index in [0.717, 1.165) is 19.4 Å². The van der Waals surface area contributed by atoms with E-state index in [2.05, 4.69) is 19.9 Å². The molecule has 15 heavy (non-hydrogen) atoms. The monoisotopic (exact) mass is 304 g/mol. The smallest absolute Gasteiger partial charge is 1.00 e. The number of halogens is 3. The van der Waals surface area contributed by atoms with E-state index >= 15 is 0 Å². The Kier molecular flexibility index (Phi) is 21.8. The molecule has 0 bridgehead atoms. The number of hydrogen-bond acceptors (Lipinski definition) is 1. The van der Waals surface area contributed by atoms with Gasteiger partial charge in [-0.25, -0.2) is 17.2 Å². The third kappa shape index (κ3) is 8.79. The molecule has 0 atom stereocenters. The van der Waals surface area contributed by atoms with Gasteiger partial charge >= 0.3 is 21.7 Å². The molecule has 0 spiro atoms. The van der Waals surface area contributed by atoms with E-state index in [1.165, 1.54) is 16.7 Å². The molecule has 86 valence electrons. The Morgan fingerprint density at radius 2 is 1.73 bits per heavy atom. The van der Waals surface area contributed by atoms with Gasteiger partial charge < -0.3 is 42.0 Å². The Bertz CT molecular complexity index is 215. The molecule has 0 unspecified atom stereocenters. The first kappa shape index (κ1) is 25.0. The number of hydrogen-bond donors (Lipinski definition) is 0. The summed E-state index contributed by atoms with van der Waals surface area (Å²) in [7, 11) is 1.74. The van der Waals surface area contributed by atoms with Gasteiger partial charge in [0.05, 0.1) is 0 Å². The summed E-state index contributed by atoms with van der Waals surface area (Å²) in [6, 6.07) is 0. The zero-order valence-corrected chi connectivity index (χ0v) is 13.0. The minimum atomic E-state index is 0. The molecule has 5 heteroatoms. The van der Waals surface area contributed by atoms with Crippen LogP contribution in [0.15, 0.2) is 16.7 Å². The second-order valence-electron chi connectivity index (χ2n) is 3.05. The van der Waals surface area contributed by atoms with Gasteiger partial charge in [-0.2, -0.15) is 5.57 Å². The van der Waals surface area contributed by atoms with Gasteiger partial charge in [-0.15, -0.1) is 6.92 Å². The molecule has 0 heterocycles. The SMILES string of the molecule is COCCC1=[C-]C(C)=C(C)C1.[Cl-].[Cl-].[Cl-].[Ti+4]. The first-order valence-electron chi connectivity index (χ1n) is 4.01. The van der Waals surface area contributed by atoms with Crippen molar-refractivity contribution in [2.75, 3.05) is 13.7 Å². The topological polar surface area (TPSA) is 9.23 Å². The summed E-state index contributed by atoms with van der Waals surface area (Å²) in [6.07, 6.45) is 5.49. The molecule has 0 radical (unpaired) electrons. The summed E-state index contributed by atoms with van der Waals surface area (Å²) >= 11 is 0. The summed E-state index contributed by atoms with van der Waals surface area (Å²) in [6.45, 7) is 5.11. The third-order valence-corrected chi connectivity index (χ3v) is 2.09. The second-order valence-corrected chi connectivity index (χ2v) is 3.05. The fraction of sp³-hybridized carbons (Fsp3) is 0.600. The first-order valence-corrected chi connectivity index (χ1v) is 4.01. The zero-order chi connectivity index (χ0) is 8.27. The van der Waals surface area contributed by atoms with Gasteiger partial charge in [-0.3, -0.25) is 0 Å². The van der Waals surface area contributed by atoms with Gasteiger partial charge in [0, 0.05) is 13.7 Å². The maximum Gasteiger partial charge on any atom is 4.00 e.